The van der Waals surface area contributed by atoms with E-state index in [1.807, 2.05) is 6.92 Å². The van der Waals surface area contributed by atoms with E-state index in [0.29, 0.717) is 0 Å². The summed E-state index contributed by atoms with van der Waals surface area (Å²) in [5.41, 5.74) is 2.58. The highest BCUT2D eigenvalue weighted by molar-refractivity contribution is 7.99. The van der Waals surface area contributed by atoms with Crippen molar-refractivity contribution in [1.29, 1.82) is 0 Å². The zero-order valence-corrected chi connectivity index (χ0v) is 11.7. The summed E-state index contributed by atoms with van der Waals surface area (Å²) >= 11 is 1.79. The number of ether oxygens (including phenoxy) is 1. The fraction of sp³-hybridized carbons (Fsp3) is 0.500. The monoisotopic (exact) mass is 252 g/mol. The van der Waals surface area contributed by atoms with Crippen LogP contribution in [0.5, 0.6) is 0 Å². The molecule has 3 heteroatoms. The van der Waals surface area contributed by atoms with Gasteiger partial charge in [0.05, 0.1) is 13.0 Å². The molecule has 1 aromatic rings. The molecule has 1 aromatic carbocycles. The van der Waals surface area contributed by atoms with Crippen molar-refractivity contribution >= 4 is 17.7 Å². The van der Waals surface area contributed by atoms with Crippen molar-refractivity contribution in [1.82, 2.24) is 0 Å². The number of hydrogen-bond acceptors (Lipinski definition) is 3. The number of benzene rings is 1. The molecule has 0 saturated carbocycles. The van der Waals surface area contributed by atoms with Gasteiger partial charge in [0.25, 0.3) is 0 Å². The molecule has 2 atom stereocenters. The topological polar surface area (TPSA) is 26.3 Å². The predicted molar refractivity (Wildman–Crippen MR) is 73.1 cm³/mol. The quantitative estimate of drug-likeness (QED) is 0.751. The Morgan fingerprint density at radius 1 is 1.41 bits per heavy atom. The Balaban J connectivity index is 2.48. The second-order valence-electron chi connectivity index (χ2n) is 4.32. The largest absolute Gasteiger partial charge is 0.469 e. The van der Waals surface area contributed by atoms with Gasteiger partial charge in [-0.2, -0.15) is 11.8 Å². The van der Waals surface area contributed by atoms with Gasteiger partial charge in [0.2, 0.25) is 0 Å². The van der Waals surface area contributed by atoms with Crippen LogP contribution in [0.3, 0.4) is 0 Å². The van der Waals surface area contributed by atoms with E-state index in [0.717, 1.165) is 5.75 Å². The molecule has 17 heavy (non-hydrogen) atoms. The minimum Gasteiger partial charge on any atom is -0.469 e. The van der Waals surface area contributed by atoms with Crippen LogP contribution in [0.15, 0.2) is 24.3 Å². The van der Waals surface area contributed by atoms with Gasteiger partial charge in [-0.1, -0.05) is 43.7 Å². The van der Waals surface area contributed by atoms with E-state index in [1.165, 1.54) is 18.2 Å². The Hall–Kier alpha value is -0.960. The van der Waals surface area contributed by atoms with Crippen LogP contribution in [-0.2, 0) is 15.3 Å². The average Bonchev–Trinajstić information content (AvgIpc) is 2.34. The first-order valence-corrected chi connectivity index (χ1v) is 6.84. The van der Waals surface area contributed by atoms with Gasteiger partial charge in [0.15, 0.2) is 0 Å². The van der Waals surface area contributed by atoms with E-state index in [4.69, 9.17) is 4.74 Å². The lowest BCUT2D eigenvalue weighted by Crippen LogP contribution is -2.22. The maximum absolute atomic E-state index is 11.4. The molecule has 0 radical (unpaired) electrons. The van der Waals surface area contributed by atoms with Crippen LogP contribution >= 0.6 is 11.8 Å². The third-order valence-electron chi connectivity index (χ3n) is 2.87. The molecule has 0 saturated heterocycles. The average molecular weight is 252 g/mol. The summed E-state index contributed by atoms with van der Waals surface area (Å²) in [6.45, 7) is 6.08. The third kappa shape index (κ3) is 4.43. The molecule has 1 rings (SSSR count). The molecule has 0 bridgehead atoms. The molecule has 0 fully saturated rings. The molecule has 0 heterocycles. The van der Waals surface area contributed by atoms with E-state index in [2.05, 4.69) is 38.1 Å². The van der Waals surface area contributed by atoms with Gasteiger partial charge in [0.1, 0.15) is 0 Å². The van der Waals surface area contributed by atoms with Crippen LogP contribution in [0.4, 0.5) is 0 Å². The molecule has 2 unspecified atom stereocenters. The molecule has 2 nitrogen and oxygen atoms in total. The molecule has 0 aromatic heterocycles. The predicted octanol–water partition coefficient (Wildman–Crippen LogP) is 3.43. The van der Waals surface area contributed by atoms with Crippen LogP contribution in [0.1, 0.15) is 25.0 Å². The number of methoxy groups -OCH3 is 1. The Labute approximate surface area is 108 Å². The first-order valence-electron chi connectivity index (χ1n) is 5.79. The molecular formula is C14H20O2S. The number of thioether (sulfide) groups is 1. The summed E-state index contributed by atoms with van der Waals surface area (Å²) in [4.78, 5) is 11.4. The normalized spacial score (nSPS) is 14.1. The lowest BCUT2D eigenvalue weighted by Gasteiger charge is -2.17. The van der Waals surface area contributed by atoms with E-state index in [-0.39, 0.29) is 17.1 Å². The van der Waals surface area contributed by atoms with Crippen molar-refractivity contribution < 1.29 is 9.53 Å². The van der Waals surface area contributed by atoms with Crippen molar-refractivity contribution in [3.63, 3.8) is 0 Å². The highest BCUT2D eigenvalue weighted by Crippen LogP contribution is 2.24. The number of esters is 1. The Bertz CT molecular complexity index is 376. The molecule has 0 N–H and O–H groups in total. The highest BCUT2D eigenvalue weighted by atomic mass is 32.2. The van der Waals surface area contributed by atoms with Crippen LogP contribution in [0, 0.1) is 12.8 Å². The van der Waals surface area contributed by atoms with Crippen molar-refractivity contribution in [3.05, 3.63) is 35.4 Å². The Morgan fingerprint density at radius 2 is 2.12 bits per heavy atom. The van der Waals surface area contributed by atoms with E-state index >= 15 is 0 Å². The van der Waals surface area contributed by atoms with E-state index in [9.17, 15) is 4.79 Å². The molecule has 0 aliphatic rings. The van der Waals surface area contributed by atoms with Gasteiger partial charge in [-0.15, -0.1) is 0 Å². The Morgan fingerprint density at radius 3 is 2.71 bits per heavy atom. The van der Waals surface area contributed by atoms with Crippen molar-refractivity contribution in [2.24, 2.45) is 5.92 Å². The van der Waals surface area contributed by atoms with Gasteiger partial charge in [-0.3, -0.25) is 4.79 Å². The third-order valence-corrected chi connectivity index (χ3v) is 4.31. The van der Waals surface area contributed by atoms with Crippen LogP contribution in [0.2, 0.25) is 0 Å². The molecule has 0 amide bonds. The van der Waals surface area contributed by atoms with E-state index < -0.39 is 0 Å². The highest BCUT2D eigenvalue weighted by Gasteiger charge is 2.20. The van der Waals surface area contributed by atoms with Gasteiger partial charge >= 0.3 is 5.97 Å². The summed E-state index contributed by atoms with van der Waals surface area (Å²) in [5.74, 6) is 0.744. The number of carbonyl (C=O) groups is 1. The van der Waals surface area contributed by atoms with Crippen molar-refractivity contribution in [3.8, 4) is 0 Å². The maximum Gasteiger partial charge on any atom is 0.309 e. The minimum atomic E-state index is -0.130. The fourth-order valence-electron chi connectivity index (χ4n) is 1.55. The first kappa shape index (κ1) is 14.1. The van der Waals surface area contributed by atoms with E-state index in [1.54, 1.807) is 11.8 Å². The number of carbonyl (C=O) groups excluding carboxylic acids is 1. The second kappa shape index (κ2) is 6.70. The smallest absolute Gasteiger partial charge is 0.309 e. The molecule has 0 aliphatic heterocycles. The summed E-state index contributed by atoms with van der Waals surface area (Å²) < 4.78 is 4.75. The molecule has 94 valence electrons. The summed E-state index contributed by atoms with van der Waals surface area (Å²) in [6.07, 6.45) is 0. The van der Waals surface area contributed by atoms with Crippen LogP contribution in [0.25, 0.3) is 0 Å². The zero-order chi connectivity index (χ0) is 12.8. The molecule has 0 spiro atoms. The second-order valence-corrected chi connectivity index (χ2v) is 5.68. The minimum absolute atomic E-state index is 0.0604. The standard InChI is InChI=1S/C14H20O2S/c1-10-6-5-7-13(8-10)9-17-12(3)11(2)14(15)16-4/h5-8,11-12H,9H2,1-4H3. The number of hydrogen-bond donors (Lipinski definition) is 0. The van der Waals surface area contributed by atoms with Gasteiger partial charge in [0, 0.05) is 11.0 Å². The van der Waals surface area contributed by atoms with Crippen LogP contribution < -0.4 is 0 Å². The van der Waals surface area contributed by atoms with Crippen molar-refractivity contribution in [2.45, 2.75) is 31.8 Å². The van der Waals surface area contributed by atoms with Gasteiger partial charge in [-0.25, -0.2) is 0 Å². The summed E-state index contributed by atoms with van der Waals surface area (Å²) in [5, 5.41) is 0.267. The summed E-state index contributed by atoms with van der Waals surface area (Å²) in [6, 6.07) is 8.46. The van der Waals surface area contributed by atoms with Gasteiger partial charge in [-0.05, 0) is 12.5 Å². The molecular weight excluding hydrogens is 232 g/mol. The Kier molecular flexibility index (Phi) is 5.56. The SMILES string of the molecule is COC(=O)C(C)C(C)SCc1cccc(C)c1. The molecule has 0 aliphatic carbocycles. The van der Waals surface area contributed by atoms with Crippen molar-refractivity contribution in [2.75, 3.05) is 7.11 Å². The lowest BCUT2D eigenvalue weighted by molar-refractivity contribution is -0.144. The number of aryl methyl sites for hydroxylation is 1. The number of rotatable bonds is 5. The van der Waals surface area contributed by atoms with Gasteiger partial charge < -0.3 is 4.74 Å². The zero-order valence-electron chi connectivity index (χ0n) is 10.9. The fourth-order valence-corrected chi connectivity index (χ4v) is 2.59. The van der Waals surface area contributed by atoms with Crippen LogP contribution in [-0.4, -0.2) is 18.3 Å². The first-order chi connectivity index (χ1) is 8.04. The lowest BCUT2D eigenvalue weighted by atomic mass is 10.1. The maximum atomic E-state index is 11.4. The summed E-state index contributed by atoms with van der Waals surface area (Å²) in [7, 11) is 1.44.